The minimum absolute atomic E-state index is 0.493. The van der Waals surface area contributed by atoms with Gasteiger partial charge in [-0.15, -0.1) is 0 Å². The Labute approximate surface area is 192 Å². The smallest absolute Gasteiger partial charge is 0.218 e. The fourth-order valence-corrected chi connectivity index (χ4v) is 4.78. The third kappa shape index (κ3) is 4.89. The van der Waals surface area contributed by atoms with Crippen LogP contribution in [0.5, 0.6) is 5.75 Å². The van der Waals surface area contributed by atoms with Gasteiger partial charge in [0, 0.05) is 19.5 Å². The molecule has 1 unspecified atom stereocenters. The van der Waals surface area contributed by atoms with E-state index in [4.69, 9.17) is 4.74 Å². The molecule has 32 heavy (non-hydrogen) atoms. The Morgan fingerprint density at radius 3 is 2.78 bits per heavy atom. The van der Waals surface area contributed by atoms with Crippen molar-refractivity contribution in [3.05, 3.63) is 72.4 Å². The second kappa shape index (κ2) is 10.1. The maximum Gasteiger partial charge on any atom is 0.218 e. The molecule has 1 aliphatic rings. The van der Waals surface area contributed by atoms with Crippen LogP contribution in [0.2, 0.25) is 0 Å². The van der Waals surface area contributed by atoms with Crippen molar-refractivity contribution in [3.8, 4) is 5.75 Å². The molecule has 1 aromatic heterocycles. The molecule has 3 aromatic rings. The Morgan fingerprint density at radius 1 is 1.19 bits per heavy atom. The number of aryl methyl sites for hydroxylation is 1. The number of nitrogens with zero attached hydrogens (tertiary/aromatic N) is 2. The second-order valence-electron chi connectivity index (χ2n) is 7.89. The summed E-state index contributed by atoms with van der Waals surface area (Å²) in [5.74, 6) is 1.99. The summed E-state index contributed by atoms with van der Waals surface area (Å²) in [5, 5.41) is 13.1. The first kappa shape index (κ1) is 22.2. The number of hydrogen-bond donors (Lipinski definition) is 1. The summed E-state index contributed by atoms with van der Waals surface area (Å²) >= 11 is 1.62. The van der Waals surface area contributed by atoms with Gasteiger partial charge in [0.25, 0.3) is 0 Å². The molecule has 2 aromatic carbocycles. The van der Waals surface area contributed by atoms with Crippen LogP contribution in [0.25, 0.3) is 16.8 Å². The lowest BCUT2D eigenvalue weighted by molar-refractivity contribution is -0.697. The third-order valence-corrected chi connectivity index (χ3v) is 6.82. The van der Waals surface area contributed by atoms with E-state index in [2.05, 4.69) is 63.9 Å². The molecule has 4 rings (SSSR count). The number of rotatable bonds is 9. The number of quaternary nitrogens is 1. The molecule has 0 amide bonds. The molecule has 166 valence electrons. The normalized spacial score (nSPS) is 15.1. The number of carboxylic acids is 1. The topological polar surface area (TPSA) is 84.1 Å². The van der Waals surface area contributed by atoms with E-state index in [1.54, 1.807) is 11.8 Å². The van der Waals surface area contributed by atoms with Crippen molar-refractivity contribution in [3.63, 3.8) is 0 Å². The van der Waals surface area contributed by atoms with Crippen molar-refractivity contribution in [2.45, 2.75) is 25.4 Å². The molecular formula is C25H28N3O3S+. The maximum absolute atomic E-state index is 10.8. The van der Waals surface area contributed by atoms with E-state index in [-0.39, 0.29) is 0 Å². The van der Waals surface area contributed by atoms with Crippen LogP contribution in [-0.2, 0) is 11.3 Å². The zero-order valence-electron chi connectivity index (χ0n) is 18.2. The van der Waals surface area contributed by atoms with E-state index in [1.165, 1.54) is 10.8 Å². The van der Waals surface area contributed by atoms with E-state index in [0.29, 0.717) is 5.75 Å². The maximum atomic E-state index is 10.8. The van der Waals surface area contributed by atoms with Crippen molar-refractivity contribution in [1.29, 1.82) is 0 Å². The first-order valence-corrected chi connectivity index (χ1v) is 12.0. The Hall–Kier alpha value is -3.03. The number of unbranched alkanes of at least 4 members (excludes halogenated alkanes) is 1. The monoisotopic (exact) mass is 450 g/mol. The zero-order valence-corrected chi connectivity index (χ0v) is 19.0. The van der Waals surface area contributed by atoms with Crippen molar-refractivity contribution in [2.75, 3.05) is 23.5 Å². The summed E-state index contributed by atoms with van der Waals surface area (Å²) in [5.41, 5.74) is 5.77. The quantitative estimate of drug-likeness (QED) is 0.397. The van der Waals surface area contributed by atoms with E-state index < -0.39 is 12.0 Å². The number of anilines is 1. The highest BCUT2D eigenvalue weighted by molar-refractivity contribution is 7.99. The van der Waals surface area contributed by atoms with Crippen LogP contribution in [0.1, 0.15) is 18.5 Å². The van der Waals surface area contributed by atoms with E-state index in [0.717, 1.165) is 48.2 Å². The minimum Gasteiger partial charge on any atom is -0.544 e. The molecular weight excluding hydrogens is 422 g/mol. The van der Waals surface area contributed by atoms with E-state index in [9.17, 15) is 9.90 Å². The van der Waals surface area contributed by atoms with Crippen molar-refractivity contribution >= 4 is 40.3 Å². The molecule has 1 aliphatic heterocycles. The van der Waals surface area contributed by atoms with Crippen molar-refractivity contribution in [2.24, 2.45) is 0 Å². The van der Waals surface area contributed by atoms with Crippen LogP contribution in [-0.4, -0.2) is 30.6 Å². The molecule has 3 N–H and O–H groups in total. The number of fused-ring (bicyclic) bond motifs is 2. The Kier molecular flexibility index (Phi) is 6.97. The highest BCUT2D eigenvalue weighted by atomic mass is 32.2. The number of pyridine rings is 1. The van der Waals surface area contributed by atoms with Crippen LogP contribution < -0.4 is 25.0 Å². The van der Waals surface area contributed by atoms with Gasteiger partial charge in [-0.05, 0) is 35.8 Å². The van der Waals surface area contributed by atoms with Gasteiger partial charge in [-0.2, -0.15) is 16.3 Å². The summed E-state index contributed by atoms with van der Waals surface area (Å²) < 4.78 is 8.41. The number of carboxylic acid groups (broad SMARTS) is 1. The largest absolute Gasteiger partial charge is 0.544 e. The molecule has 0 aliphatic carbocycles. The summed E-state index contributed by atoms with van der Waals surface area (Å²) in [6.45, 7) is 0.870. The summed E-state index contributed by atoms with van der Waals surface area (Å²) in [4.78, 5) is 12.9. The number of benzene rings is 2. The number of hydrogen-bond acceptors (Lipinski definition) is 5. The van der Waals surface area contributed by atoms with Crippen LogP contribution in [0.4, 0.5) is 5.69 Å². The number of thioether (sulfide) groups is 1. The molecule has 6 nitrogen and oxygen atoms in total. The number of ether oxygens (including phenoxy) is 1. The predicted octanol–water partition coefficient (Wildman–Crippen LogP) is 1.83. The van der Waals surface area contributed by atoms with Gasteiger partial charge < -0.3 is 25.3 Å². The van der Waals surface area contributed by atoms with E-state index in [1.807, 2.05) is 25.2 Å². The Bertz CT molecular complexity index is 1150. The molecule has 0 radical (unpaired) electrons. The minimum atomic E-state index is -1.08. The Balaban J connectivity index is 1.50. The summed E-state index contributed by atoms with van der Waals surface area (Å²) in [6, 6.07) is 17.9. The standard InChI is InChI=1S/C25H27N3O3S/c1-27-21-10-4-5-11-23(21)31-24(27)16-22-19-9-3-2-8-18(19)12-14-28(22)13-6-7-15-32-17-20(26)25(29)30/h2-5,8-12,14,16,20H,6-7,13,15,17,26H2,1H3/p+1. The number of para-hydroxylation sites is 2. The lowest BCUT2D eigenvalue weighted by Crippen LogP contribution is -2.69. The average Bonchev–Trinajstić information content (AvgIpc) is 3.12. The van der Waals surface area contributed by atoms with Crippen LogP contribution in [0.15, 0.2) is 66.7 Å². The molecule has 0 bridgehead atoms. The summed E-state index contributed by atoms with van der Waals surface area (Å²) in [6.07, 6.45) is 6.24. The first-order chi connectivity index (χ1) is 15.5. The van der Waals surface area contributed by atoms with Gasteiger partial charge in [0.05, 0.1) is 28.9 Å². The van der Waals surface area contributed by atoms with Crippen molar-refractivity contribution < 1.29 is 24.9 Å². The lowest BCUT2D eigenvalue weighted by atomic mass is 10.1. The number of carbonyl (C=O) groups is 1. The number of aromatic nitrogens is 1. The number of carbonyl (C=O) groups excluding carboxylic acids is 1. The van der Waals surface area contributed by atoms with E-state index >= 15 is 0 Å². The predicted molar refractivity (Wildman–Crippen MR) is 126 cm³/mol. The van der Waals surface area contributed by atoms with Gasteiger partial charge in [0.15, 0.2) is 11.9 Å². The highest BCUT2D eigenvalue weighted by Gasteiger charge is 2.25. The molecule has 0 saturated heterocycles. The summed E-state index contributed by atoms with van der Waals surface area (Å²) in [7, 11) is 2.02. The molecule has 1 atom stereocenters. The van der Waals surface area contributed by atoms with Gasteiger partial charge >= 0.3 is 0 Å². The van der Waals surface area contributed by atoms with Gasteiger partial charge in [0.1, 0.15) is 12.6 Å². The fraction of sp³-hybridized carbons (Fsp3) is 0.280. The van der Waals surface area contributed by atoms with Crippen LogP contribution in [0.3, 0.4) is 0 Å². The second-order valence-corrected chi connectivity index (χ2v) is 9.04. The third-order valence-electron chi connectivity index (χ3n) is 5.60. The highest BCUT2D eigenvalue weighted by Crippen LogP contribution is 2.38. The first-order valence-electron chi connectivity index (χ1n) is 10.8. The fourth-order valence-electron chi connectivity index (χ4n) is 3.78. The van der Waals surface area contributed by atoms with Crippen molar-refractivity contribution in [1.82, 2.24) is 0 Å². The van der Waals surface area contributed by atoms with Gasteiger partial charge in [-0.25, -0.2) is 0 Å². The molecule has 0 fully saturated rings. The lowest BCUT2D eigenvalue weighted by Gasteiger charge is -2.11. The SMILES string of the molecule is CN1C(=Cc2c3ccccc3cc[n+]2CCCCSCC([NH3+])C(=O)[O-])Oc2ccccc21. The molecule has 0 saturated carbocycles. The number of aliphatic carboxylic acids is 1. The van der Waals surface area contributed by atoms with Crippen LogP contribution >= 0.6 is 11.8 Å². The van der Waals surface area contributed by atoms with Gasteiger partial charge in [-0.3, -0.25) is 0 Å². The van der Waals surface area contributed by atoms with Gasteiger partial charge in [-0.1, -0.05) is 30.3 Å². The van der Waals surface area contributed by atoms with Crippen LogP contribution in [0, 0.1) is 0 Å². The van der Waals surface area contributed by atoms with Gasteiger partial charge in [0.2, 0.25) is 11.6 Å². The average molecular weight is 451 g/mol. The zero-order chi connectivity index (χ0) is 22.5. The molecule has 7 heteroatoms. The molecule has 0 spiro atoms. The Morgan fingerprint density at radius 2 is 1.97 bits per heavy atom. The molecule has 2 heterocycles.